The highest BCUT2D eigenvalue weighted by atomic mass is 32.1. The average molecular weight is 264 g/mol. The van der Waals surface area contributed by atoms with Crippen LogP contribution in [0.25, 0.3) is 0 Å². The first-order valence-electron chi connectivity index (χ1n) is 6.26. The highest BCUT2D eigenvalue weighted by Gasteiger charge is 1.95. The Hall–Kier alpha value is -1.22. The summed E-state index contributed by atoms with van der Waals surface area (Å²) in [6, 6.07) is 4.04. The normalized spacial score (nSPS) is 9.28. The van der Waals surface area contributed by atoms with Gasteiger partial charge in [0.05, 0.1) is 0 Å². The predicted octanol–water partition coefficient (Wildman–Crippen LogP) is 5.01. The summed E-state index contributed by atoms with van der Waals surface area (Å²) in [5.41, 5.74) is 1.19. The maximum absolute atomic E-state index is 3.89. The lowest BCUT2D eigenvalue weighted by molar-refractivity contribution is 0.737. The molecule has 0 atom stereocenters. The van der Waals surface area contributed by atoms with Gasteiger partial charge in [0.15, 0.2) is 0 Å². The van der Waals surface area contributed by atoms with E-state index in [1.54, 1.807) is 17.7 Å². The molecule has 0 aliphatic heterocycles. The molecule has 2 nitrogen and oxygen atoms in total. The Bertz CT molecular complexity index is 335. The van der Waals surface area contributed by atoms with Gasteiger partial charge in [0, 0.05) is 12.4 Å². The fourth-order valence-electron chi connectivity index (χ4n) is 0.836. The number of nitrogens with zero attached hydrogens (tertiary/aromatic N) is 2. The van der Waals surface area contributed by atoms with Crippen molar-refractivity contribution in [2.24, 2.45) is 5.92 Å². The van der Waals surface area contributed by atoms with Crippen LogP contribution >= 0.6 is 11.3 Å². The van der Waals surface area contributed by atoms with Crippen molar-refractivity contribution in [1.29, 1.82) is 0 Å². The monoisotopic (exact) mass is 264 g/mol. The van der Waals surface area contributed by atoms with E-state index in [0.717, 1.165) is 5.92 Å². The van der Waals surface area contributed by atoms with Crippen LogP contribution in [0.3, 0.4) is 0 Å². The standard InChI is InChI=1S/C7H10N2.C4H4S.C4H10/c1-6(2)7-3-8-5-9-4-7;1-2-4-5-3-1;1-4(2)3/h3-6H,1-2H3;1-4H;4H,1-3H3. The molecule has 2 heterocycles. The summed E-state index contributed by atoms with van der Waals surface area (Å²) >= 11 is 1.71. The number of thiophene rings is 1. The molecule has 0 bridgehead atoms. The second kappa shape index (κ2) is 10.9. The molecule has 0 aliphatic carbocycles. The highest BCUT2D eigenvalue weighted by Crippen LogP contribution is 2.09. The number of hydrogen-bond acceptors (Lipinski definition) is 3. The minimum Gasteiger partial charge on any atom is -0.245 e. The molecule has 0 saturated heterocycles. The van der Waals surface area contributed by atoms with Gasteiger partial charge in [0.2, 0.25) is 0 Å². The molecule has 0 amide bonds. The van der Waals surface area contributed by atoms with E-state index in [4.69, 9.17) is 0 Å². The van der Waals surface area contributed by atoms with Crippen molar-refractivity contribution in [3.8, 4) is 0 Å². The first kappa shape index (κ1) is 16.8. The lowest BCUT2D eigenvalue weighted by Gasteiger charge is -1.99. The molecule has 18 heavy (non-hydrogen) atoms. The van der Waals surface area contributed by atoms with E-state index >= 15 is 0 Å². The molecule has 100 valence electrons. The lowest BCUT2D eigenvalue weighted by atomic mass is 10.1. The van der Waals surface area contributed by atoms with Crippen LogP contribution in [0.1, 0.15) is 46.1 Å². The summed E-state index contributed by atoms with van der Waals surface area (Å²) < 4.78 is 0. The van der Waals surface area contributed by atoms with Gasteiger partial charge in [-0.15, -0.1) is 0 Å². The zero-order valence-corrected chi connectivity index (χ0v) is 12.8. The Morgan fingerprint density at radius 3 is 1.56 bits per heavy atom. The van der Waals surface area contributed by atoms with Crippen molar-refractivity contribution in [2.45, 2.75) is 40.5 Å². The van der Waals surface area contributed by atoms with Gasteiger partial charge < -0.3 is 0 Å². The molecule has 2 aromatic rings. The molecule has 0 aliphatic rings. The van der Waals surface area contributed by atoms with Gasteiger partial charge in [0.25, 0.3) is 0 Å². The van der Waals surface area contributed by atoms with Gasteiger partial charge in [0.1, 0.15) is 6.33 Å². The van der Waals surface area contributed by atoms with Crippen molar-refractivity contribution in [3.05, 3.63) is 47.2 Å². The molecule has 0 unspecified atom stereocenters. The van der Waals surface area contributed by atoms with Crippen LogP contribution in [0, 0.1) is 5.92 Å². The Kier molecular flexibility index (Phi) is 10.2. The minimum absolute atomic E-state index is 0.534. The average Bonchev–Trinajstić information content (AvgIpc) is 2.88. The van der Waals surface area contributed by atoms with Gasteiger partial charge in [-0.2, -0.15) is 11.3 Å². The van der Waals surface area contributed by atoms with E-state index in [9.17, 15) is 0 Å². The Balaban J connectivity index is 0.000000272. The topological polar surface area (TPSA) is 25.8 Å². The van der Waals surface area contributed by atoms with Crippen molar-refractivity contribution in [1.82, 2.24) is 9.97 Å². The molecule has 0 spiro atoms. The third-order valence-electron chi connectivity index (χ3n) is 1.67. The van der Waals surface area contributed by atoms with Crippen LogP contribution in [0.4, 0.5) is 0 Å². The van der Waals surface area contributed by atoms with Crippen molar-refractivity contribution < 1.29 is 0 Å². The molecule has 0 N–H and O–H groups in total. The molecular weight excluding hydrogens is 240 g/mol. The molecule has 3 heteroatoms. The van der Waals surface area contributed by atoms with E-state index < -0.39 is 0 Å². The Morgan fingerprint density at radius 1 is 0.889 bits per heavy atom. The summed E-state index contributed by atoms with van der Waals surface area (Å²) in [7, 11) is 0. The number of aromatic nitrogens is 2. The third kappa shape index (κ3) is 11.3. The van der Waals surface area contributed by atoms with E-state index in [0.29, 0.717) is 5.92 Å². The van der Waals surface area contributed by atoms with Crippen molar-refractivity contribution >= 4 is 11.3 Å². The van der Waals surface area contributed by atoms with Gasteiger partial charge in [-0.05, 0) is 28.2 Å². The second-order valence-corrected chi connectivity index (χ2v) is 5.67. The first-order valence-corrected chi connectivity index (χ1v) is 7.20. The van der Waals surface area contributed by atoms with E-state index in [1.807, 2.05) is 35.3 Å². The van der Waals surface area contributed by atoms with E-state index in [-0.39, 0.29) is 0 Å². The predicted molar refractivity (Wildman–Crippen MR) is 81.0 cm³/mol. The summed E-state index contributed by atoms with van der Waals surface area (Å²) in [5, 5.41) is 4.08. The maximum Gasteiger partial charge on any atom is 0.115 e. The molecular formula is C15H24N2S. The Morgan fingerprint density at radius 2 is 1.33 bits per heavy atom. The minimum atomic E-state index is 0.534. The van der Waals surface area contributed by atoms with Crippen LogP contribution in [0.2, 0.25) is 0 Å². The molecule has 0 saturated carbocycles. The zero-order valence-electron chi connectivity index (χ0n) is 12.0. The molecule has 0 fully saturated rings. The second-order valence-electron chi connectivity index (χ2n) is 4.85. The molecule has 2 rings (SSSR count). The van der Waals surface area contributed by atoms with Gasteiger partial charge in [-0.1, -0.05) is 46.8 Å². The van der Waals surface area contributed by atoms with Crippen LogP contribution in [-0.4, -0.2) is 9.97 Å². The van der Waals surface area contributed by atoms with Gasteiger partial charge in [-0.25, -0.2) is 9.97 Å². The summed E-state index contributed by atoms with van der Waals surface area (Å²) in [4.78, 5) is 7.79. The van der Waals surface area contributed by atoms with Crippen LogP contribution < -0.4 is 0 Å². The quantitative estimate of drug-likeness (QED) is 0.723. The lowest BCUT2D eigenvalue weighted by Crippen LogP contribution is -1.88. The Labute approximate surface area is 115 Å². The summed E-state index contributed by atoms with van der Waals surface area (Å²) in [6.45, 7) is 10.7. The van der Waals surface area contributed by atoms with Crippen molar-refractivity contribution in [2.75, 3.05) is 0 Å². The van der Waals surface area contributed by atoms with E-state index in [2.05, 4.69) is 44.6 Å². The third-order valence-corrected chi connectivity index (χ3v) is 2.30. The first-order chi connectivity index (χ1) is 8.54. The molecule has 2 aromatic heterocycles. The van der Waals surface area contributed by atoms with Crippen LogP contribution in [-0.2, 0) is 0 Å². The highest BCUT2D eigenvalue weighted by molar-refractivity contribution is 7.07. The van der Waals surface area contributed by atoms with Gasteiger partial charge in [-0.3, -0.25) is 0 Å². The fourth-order valence-corrected chi connectivity index (χ4v) is 1.29. The molecule has 0 aromatic carbocycles. The number of rotatable bonds is 1. The maximum atomic E-state index is 3.89. The summed E-state index contributed by atoms with van der Waals surface area (Å²) in [5.74, 6) is 1.37. The SMILES string of the molecule is CC(C)C.CC(C)c1cncnc1.c1ccsc1. The van der Waals surface area contributed by atoms with E-state index in [1.165, 1.54) is 5.56 Å². The summed E-state index contributed by atoms with van der Waals surface area (Å²) in [6.07, 6.45) is 5.24. The van der Waals surface area contributed by atoms with Gasteiger partial charge >= 0.3 is 0 Å². The zero-order chi connectivity index (χ0) is 13.8. The van der Waals surface area contributed by atoms with Crippen LogP contribution in [0.5, 0.6) is 0 Å². The molecule has 0 radical (unpaired) electrons. The smallest absolute Gasteiger partial charge is 0.115 e. The fraction of sp³-hybridized carbons (Fsp3) is 0.467. The van der Waals surface area contributed by atoms with Crippen LogP contribution in [0.15, 0.2) is 41.6 Å². The number of hydrogen-bond donors (Lipinski definition) is 0. The van der Waals surface area contributed by atoms with Crippen molar-refractivity contribution in [3.63, 3.8) is 0 Å². The largest absolute Gasteiger partial charge is 0.245 e.